The summed E-state index contributed by atoms with van der Waals surface area (Å²) in [5.41, 5.74) is 2.55. The number of aromatic hydroxyl groups is 1. The van der Waals surface area contributed by atoms with Gasteiger partial charge in [0.2, 0.25) is 5.75 Å². The lowest BCUT2D eigenvalue weighted by molar-refractivity contribution is -0.385. The molecule has 0 amide bonds. The van der Waals surface area contributed by atoms with E-state index in [2.05, 4.69) is 0 Å². The molecule has 6 N–H and O–H groups in total. The summed E-state index contributed by atoms with van der Waals surface area (Å²) < 4.78 is 0. The van der Waals surface area contributed by atoms with Gasteiger partial charge in [0.1, 0.15) is 17.8 Å². The number of carbonyl (C=O) groups excluding carboxylic acids is 1. The fourth-order valence-corrected chi connectivity index (χ4v) is 3.00. The van der Waals surface area contributed by atoms with E-state index in [1.54, 1.807) is 0 Å². The van der Waals surface area contributed by atoms with Crippen molar-refractivity contribution >= 4 is 24.9 Å². The van der Waals surface area contributed by atoms with Gasteiger partial charge < -0.3 is 15.9 Å². The van der Waals surface area contributed by atoms with Gasteiger partial charge in [0.05, 0.1) is 4.92 Å². The van der Waals surface area contributed by atoms with Crippen LogP contribution in [0.2, 0.25) is 0 Å². The highest BCUT2D eigenvalue weighted by Crippen LogP contribution is 2.55. The number of benzene rings is 1. The quantitative estimate of drug-likeness (QED) is 0.262. The molecule has 11 heteroatoms. The van der Waals surface area contributed by atoms with Crippen LogP contribution in [0.3, 0.4) is 0 Å². The molecule has 0 aliphatic carbocycles. The van der Waals surface area contributed by atoms with Crippen molar-refractivity contribution < 1.29 is 34.5 Å². The van der Waals surface area contributed by atoms with Gasteiger partial charge in [0.25, 0.3) is 0 Å². The highest BCUT2D eigenvalue weighted by atomic mass is 31.2. The summed E-state index contributed by atoms with van der Waals surface area (Å²) in [6, 6.07) is 1.67. The van der Waals surface area contributed by atoms with Crippen molar-refractivity contribution in [3.05, 3.63) is 33.9 Å². The second-order valence-corrected chi connectivity index (χ2v) is 6.74. The number of phenolic OH excluding ortho intramolecular Hbond substituents is 1. The lowest BCUT2D eigenvalue weighted by Crippen LogP contribution is -2.31. The Morgan fingerprint density at radius 3 is 2.45 bits per heavy atom. The van der Waals surface area contributed by atoms with Crippen molar-refractivity contribution in [1.29, 1.82) is 0 Å². The van der Waals surface area contributed by atoms with E-state index in [1.807, 2.05) is 0 Å². The first-order chi connectivity index (χ1) is 10.1. The van der Waals surface area contributed by atoms with E-state index >= 15 is 0 Å². The molecule has 10 nitrogen and oxygen atoms in total. The van der Waals surface area contributed by atoms with Crippen LogP contribution in [0.25, 0.3) is 0 Å². The first kappa shape index (κ1) is 17.9. The zero-order valence-electron chi connectivity index (χ0n) is 11.1. The summed E-state index contributed by atoms with van der Waals surface area (Å²) in [6.45, 7) is 0. The van der Waals surface area contributed by atoms with Gasteiger partial charge in [0, 0.05) is 12.5 Å². The van der Waals surface area contributed by atoms with E-state index in [9.17, 15) is 34.6 Å². The van der Waals surface area contributed by atoms with Gasteiger partial charge in [-0.1, -0.05) is 6.07 Å². The van der Waals surface area contributed by atoms with Crippen LogP contribution < -0.4 is 5.73 Å². The van der Waals surface area contributed by atoms with Crippen molar-refractivity contribution in [3.8, 4) is 5.75 Å². The third-order valence-corrected chi connectivity index (χ3v) is 4.61. The predicted octanol–water partition coefficient (Wildman–Crippen LogP) is 0.0748. The molecule has 0 saturated heterocycles. The summed E-state index contributed by atoms with van der Waals surface area (Å²) in [5, 5.41) is 28.9. The summed E-state index contributed by atoms with van der Waals surface area (Å²) >= 11 is 0. The minimum absolute atomic E-state index is 0.377. The number of aliphatic carboxylic acids is 1. The molecule has 0 radical (unpaired) electrons. The molecule has 0 aromatic heterocycles. The van der Waals surface area contributed by atoms with Crippen LogP contribution in [0.1, 0.15) is 16.8 Å². The van der Waals surface area contributed by atoms with Crippen molar-refractivity contribution in [2.45, 2.75) is 12.5 Å². The fraction of sp³-hybridized carbons (Fsp3) is 0.273. The van der Waals surface area contributed by atoms with E-state index in [4.69, 9.17) is 10.8 Å². The van der Waals surface area contributed by atoms with Crippen LogP contribution in [0.5, 0.6) is 5.75 Å². The fourth-order valence-electron chi connectivity index (χ4n) is 1.59. The third-order valence-electron chi connectivity index (χ3n) is 2.84. The predicted molar refractivity (Wildman–Crippen MR) is 75.5 cm³/mol. The molecule has 1 atom stereocenters. The number of phenols is 1. The zero-order chi connectivity index (χ0) is 17.1. The van der Waals surface area contributed by atoms with E-state index in [0.717, 1.165) is 18.2 Å². The molecule has 0 saturated carbocycles. The summed E-state index contributed by atoms with van der Waals surface area (Å²) in [6.07, 6.45) is -0.987. The van der Waals surface area contributed by atoms with E-state index < -0.39 is 53.3 Å². The van der Waals surface area contributed by atoms with Crippen LogP contribution in [-0.2, 0) is 4.79 Å². The monoisotopic (exact) mass is 333 g/mol. The number of nitro groups is 1. The third kappa shape index (κ3) is 3.95. The molecule has 22 heavy (non-hydrogen) atoms. The molecule has 0 aliphatic heterocycles. The molecule has 1 aromatic carbocycles. The Kier molecular flexibility index (Phi) is 5.50. The van der Waals surface area contributed by atoms with Crippen molar-refractivity contribution in [3.63, 3.8) is 0 Å². The van der Waals surface area contributed by atoms with Crippen molar-refractivity contribution in [2.24, 2.45) is 5.73 Å². The minimum atomic E-state index is -4.29. The Labute approximate surface area is 124 Å². The molecule has 0 fully saturated rings. The molecular weight excluding hydrogens is 319 g/mol. The maximum atomic E-state index is 12.0. The molecule has 0 spiro atoms. The maximum Gasteiger partial charge on any atom is 0.360 e. The molecule has 0 bridgehead atoms. The van der Waals surface area contributed by atoms with Gasteiger partial charge in [-0.3, -0.25) is 14.9 Å². The smallest absolute Gasteiger partial charge is 0.360 e. The Balaban J connectivity index is 3.02. The van der Waals surface area contributed by atoms with Gasteiger partial charge in [-0.15, -0.1) is 0 Å². The van der Waals surface area contributed by atoms with E-state index in [0.29, 0.717) is 0 Å². The Morgan fingerprint density at radius 1 is 1.36 bits per heavy atom. The second-order valence-electron chi connectivity index (χ2n) is 4.42. The number of hydrogen-bond acceptors (Lipinski definition) is 8. The number of hydrogen-bond donors (Lipinski definition) is 5. The van der Waals surface area contributed by atoms with Crippen molar-refractivity contribution in [1.82, 2.24) is 0 Å². The van der Waals surface area contributed by atoms with Crippen LogP contribution in [0, 0.1) is 10.1 Å². The van der Waals surface area contributed by atoms with Crippen molar-refractivity contribution in [2.75, 3.05) is 6.16 Å². The topological polar surface area (TPSA) is 184 Å². The summed E-state index contributed by atoms with van der Waals surface area (Å²) in [4.78, 5) is 51.9. The SMILES string of the molecule is N[C@@H](CC[P+](O)(O)C(=O)c1cccc([N+](=O)[O-])c1O)C(=O)O. The second kappa shape index (κ2) is 6.75. The number of carboxylic acids is 1. The zero-order valence-corrected chi connectivity index (χ0v) is 12.0. The minimum Gasteiger partial charge on any atom is -0.501 e. The van der Waals surface area contributed by atoms with Gasteiger partial charge in [-0.05, 0) is 6.07 Å². The molecule has 1 rings (SSSR count). The highest BCUT2D eigenvalue weighted by Gasteiger charge is 2.47. The average molecular weight is 333 g/mol. The first-order valence-electron chi connectivity index (χ1n) is 5.91. The molecule has 0 unspecified atom stereocenters. The van der Waals surface area contributed by atoms with Crippen LogP contribution >= 0.6 is 7.72 Å². The van der Waals surface area contributed by atoms with Crippen LogP contribution in [0.4, 0.5) is 5.69 Å². The Morgan fingerprint density at radius 2 is 1.95 bits per heavy atom. The van der Waals surface area contributed by atoms with Gasteiger partial charge >= 0.3 is 24.9 Å². The largest absolute Gasteiger partial charge is 0.501 e. The summed E-state index contributed by atoms with van der Waals surface area (Å²) in [5.74, 6) is -2.35. The number of nitro benzene ring substituents is 1. The molecular formula is C11H14N2O8P+. The first-order valence-corrected chi connectivity index (χ1v) is 7.79. The lowest BCUT2D eigenvalue weighted by atomic mass is 10.2. The number of rotatable bonds is 7. The van der Waals surface area contributed by atoms with Gasteiger partial charge in [-0.2, -0.15) is 0 Å². The van der Waals surface area contributed by atoms with E-state index in [-0.39, 0.29) is 6.42 Å². The molecule has 0 aliphatic rings. The van der Waals surface area contributed by atoms with E-state index in [1.165, 1.54) is 0 Å². The Bertz CT molecular complexity index is 618. The molecule has 1 aromatic rings. The van der Waals surface area contributed by atoms with Crippen LogP contribution in [0.15, 0.2) is 18.2 Å². The lowest BCUT2D eigenvalue weighted by Gasteiger charge is -2.12. The number of carboxylic acid groups (broad SMARTS) is 1. The number of nitrogens with two attached hydrogens (primary N) is 1. The van der Waals surface area contributed by atoms with Gasteiger partial charge in [0.15, 0.2) is 0 Å². The summed E-state index contributed by atoms with van der Waals surface area (Å²) in [7, 11) is -4.29. The average Bonchev–Trinajstić information content (AvgIpc) is 2.43. The standard InChI is InChI=1S/C11H13N2O8P/c12-7(10(15)16)4-5-22(20,21)11(17)6-2-1-3-8(9(6)14)13(18)19/h1-3,7,20-21H,4-5,12H2,(H-,14,15,16,17)/p+1/t7-/m0/s1. The maximum absolute atomic E-state index is 12.0. The van der Waals surface area contributed by atoms with Gasteiger partial charge in [-0.25, -0.2) is 14.6 Å². The number of para-hydroxylation sites is 1. The number of carbonyl (C=O) groups is 2. The number of nitrogens with zero attached hydrogens (tertiary/aromatic N) is 1. The van der Waals surface area contributed by atoms with Crippen LogP contribution in [-0.4, -0.2) is 48.6 Å². The normalized spacial score (nSPS) is 12.7. The Hall–Kier alpha value is -2.13. The molecule has 120 valence electrons. The molecule has 0 heterocycles. The highest BCUT2D eigenvalue weighted by molar-refractivity contribution is 7.81.